The van der Waals surface area contributed by atoms with Crippen LogP contribution >= 0.6 is 0 Å². The molecule has 29 heavy (non-hydrogen) atoms. The van der Waals surface area contributed by atoms with Gasteiger partial charge in [0.1, 0.15) is 5.75 Å². The molecule has 6 nitrogen and oxygen atoms in total. The molecular formula is C23H28N4O2. The molecule has 1 amide bonds. The molecule has 152 valence electrons. The zero-order chi connectivity index (χ0) is 21.2. The standard InChI is InChI=1S/C23H28N4O2/c1-6-18-8-7-9-20(13-18)27-22(28)15-26-23(24-5)25-14-19-11-10-17(4)12-21(19)29-16(2)3/h1,7-13,16H,14-15H2,2-5H3,(H,27,28)(H2,24,25,26). The van der Waals surface area contributed by atoms with E-state index in [1.54, 1.807) is 25.2 Å². The number of carbonyl (C=O) groups is 1. The molecule has 0 bridgehead atoms. The van der Waals surface area contributed by atoms with Crippen LogP contribution in [0.25, 0.3) is 0 Å². The molecule has 0 spiro atoms. The lowest BCUT2D eigenvalue weighted by Crippen LogP contribution is -2.41. The third-order valence-corrected chi connectivity index (χ3v) is 3.98. The number of nitrogens with zero attached hydrogens (tertiary/aromatic N) is 1. The van der Waals surface area contributed by atoms with E-state index in [-0.39, 0.29) is 18.6 Å². The van der Waals surface area contributed by atoms with Crippen LogP contribution in [0.5, 0.6) is 5.75 Å². The van der Waals surface area contributed by atoms with Gasteiger partial charge < -0.3 is 20.7 Å². The largest absolute Gasteiger partial charge is 0.491 e. The summed E-state index contributed by atoms with van der Waals surface area (Å²) in [6.45, 7) is 6.62. The Hall–Kier alpha value is -3.46. The fourth-order valence-corrected chi connectivity index (χ4v) is 2.63. The van der Waals surface area contributed by atoms with Gasteiger partial charge in [0.05, 0.1) is 12.6 Å². The molecule has 0 aliphatic rings. The van der Waals surface area contributed by atoms with Crippen molar-refractivity contribution < 1.29 is 9.53 Å². The van der Waals surface area contributed by atoms with Crippen LogP contribution in [0.15, 0.2) is 47.5 Å². The number of hydrogen-bond acceptors (Lipinski definition) is 3. The lowest BCUT2D eigenvalue weighted by atomic mass is 10.1. The molecule has 2 aromatic rings. The summed E-state index contributed by atoms with van der Waals surface area (Å²) in [5.41, 5.74) is 3.52. The molecule has 0 aromatic heterocycles. The summed E-state index contributed by atoms with van der Waals surface area (Å²) >= 11 is 0. The lowest BCUT2D eigenvalue weighted by Gasteiger charge is -2.17. The first kappa shape index (κ1) is 21.8. The van der Waals surface area contributed by atoms with Crippen molar-refractivity contribution in [2.75, 3.05) is 18.9 Å². The van der Waals surface area contributed by atoms with Gasteiger partial charge in [0, 0.05) is 30.4 Å². The average Bonchev–Trinajstić information content (AvgIpc) is 2.69. The Balaban J connectivity index is 1.89. The van der Waals surface area contributed by atoms with E-state index in [2.05, 4.69) is 26.9 Å². The predicted octanol–water partition coefficient (Wildman–Crippen LogP) is 3.07. The van der Waals surface area contributed by atoms with Crippen molar-refractivity contribution in [1.29, 1.82) is 0 Å². The number of guanidine groups is 1. The summed E-state index contributed by atoms with van der Waals surface area (Å²) in [6, 6.07) is 13.2. The monoisotopic (exact) mass is 392 g/mol. The fourth-order valence-electron chi connectivity index (χ4n) is 2.63. The molecule has 0 fully saturated rings. The third-order valence-electron chi connectivity index (χ3n) is 3.98. The van der Waals surface area contributed by atoms with Crippen LogP contribution in [0.1, 0.15) is 30.5 Å². The van der Waals surface area contributed by atoms with E-state index in [9.17, 15) is 4.79 Å². The molecular weight excluding hydrogens is 364 g/mol. The Kier molecular flexibility index (Phi) is 8.11. The summed E-state index contributed by atoms with van der Waals surface area (Å²) in [5, 5.41) is 9.02. The van der Waals surface area contributed by atoms with E-state index in [1.165, 1.54) is 0 Å². The second-order valence-electron chi connectivity index (χ2n) is 6.83. The second kappa shape index (κ2) is 10.8. The van der Waals surface area contributed by atoms with Crippen LogP contribution in [0.2, 0.25) is 0 Å². The average molecular weight is 393 g/mol. The smallest absolute Gasteiger partial charge is 0.243 e. The van der Waals surface area contributed by atoms with Gasteiger partial charge in [-0.2, -0.15) is 0 Å². The van der Waals surface area contributed by atoms with Gasteiger partial charge >= 0.3 is 0 Å². The summed E-state index contributed by atoms with van der Waals surface area (Å²) in [5.74, 6) is 3.72. The van der Waals surface area contributed by atoms with Crippen LogP contribution in [-0.2, 0) is 11.3 Å². The quantitative estimate of drug-likeness (QED) is 0.385. The number of ether oxygens (including phenoxy) is 1. The molecule has 3 N–H and O–H groups in total. The van der Waals surface area contributed by atoms with Gasteiger partial charge in [-0.3, -0.25) is 9.79 Å². The summed E-state index contributed by atoms with van der Waals surface area (Å²) in [7, 11) is 1.66. The molecule has 0 radical (unpaired) electrons. The highest BCUT2D eigenvalue weighted by Gasteiger charge is 2.09. The van der Waals surface area contributed by atoms with E-state index in [4.69, 9.17) is 11.2 Å². The minimum absolute atomic E-state index is 0.0726. The van der Waals surface area contributed by atoms with Gasteiger partial charge in [0.15, 0.2) is 5.96 Å². The lowest BCUT2D eigenvalue weighted by molar-refractivity contribution is -0.115. The number of aliphatic imine (C=N–C) groups is 1. The summed E-state index contributed by atoms with van der Waals surface area (Å²) in [4.78, 5) is 16.4. The molecule has 6 heteroatoms. The second-order valence-corrected chi connectivity index (χ2v) is 6.83. The number of rotatable bonds is 7. The number of terminal acetylenes is 1. The van der Waals surface area contributed by atoms with E-state index >= 15 is 0 Å². The number of amides is 1. The van der Waals surface area contributed by atoms with Crippen LogP contribution in [-0.4, -0.2) is 31.6 Å². The highest BCUT2D eigenvalue weighted by atomic mass is 16.5. The van der Waals surface area contributed by atoms with Gasteiger partial charge in [-0.05, 0) is 50.6 Å². The first-order valence-electron chi connectivity index (χ1n) is 9.48. The number of nitrogens with one attached hydrogen (secondary N) is 3. The first-order valence-corrected chi connectivity index (χ1v) is 9.48. The SMILES string of the molecule is C#Cc1cccc(NC(=O)CNC(=NC)NCc2ccc(C)cc2OC(C)C)c1. The molecule has 0 aliphatic heterocycles. The summed E-state index contributed by atoms with van der Waals surface area (Å²) in [6.07, 6.45) is 5.47. The minimum Gasteiger partial charge on any atom is -0.491 e. The molecule has 0 saturated heterocycles. The fraction of sp³-hybridized carbons (Fsp3) is 0.304. The van der Waals surface area contributed by atoms with Crippen molar-refractivity contribution in [2.45, 2.75) is 33.4 Å². The van der Waals surface area contributed by atoms with Gasteiger partial charge in [0.25, 0.3) is 0 Å². The van der Waals surface area contributed by atoms with E-state index < -0.39 is 0 Å². The van der Waals surface area contributed by atoms with Crippen LogP contribution in [0, 0.1) is 19.3 Å². The van der Waals surface area contributed by atoms with Crippen molar-refractivity contribution in [1.82, 2.24) is 10.6 Å². The maximum absolute atomic E-state index is 12.2. The van der Waals surface area contributed by atoms with Crippen LogP contribution in [0.4, 0.5) is 5.69 Å². The Morgan fingerprint density at radius 3 is 2.69 bits per heavy atom. The van der Waals surface area contributed by atoms with Crippen LogP contribution in [0.3, 0.4) is 0 Å². The number of hydrogen-bond donors (Lipinski definition) is 3. The molecule has 2 rings (SSSR count). The normalized spacial score (nSPS) is 11.0. The number of aryl methyl sites for hydroxylation is 1. The number of anilines is 1. The van der Waals surface area contributed by atoms with Gasteiger partial charge in [-0.15, -0.1) is 6.42 Å². The molecule has 0 aliphatic carbocycles. The topological polar surface area (TPSA) is 74.8 Å². The zero-order valence-corrected chi connectivity index (χ0v) is 17.4. The zero-order valence-electron chi connectivity index (χ0n) is 17.4. The Morgan fingerprint density at radius 1 is 1.21 bits per heavy atom. The molecule has 0 atom stereocenters. The molecule has 2 aromatic carbocycles. The van der Waals surface area contributed by atoms with E-state index in [0.717, 1.165) is 16.9 Å². The number of benzene rings is 2. The van der Waals surface area contributed by atoms with Crippen molar-refractivity contribution in [3.8, 4) is 18.1 Å². The summed E-state index contributed by atoms with van der Waals surface area (Å²) < 4.78 is 5.90. The molecule has 0 heterocycles. The van der Waals surface area contributed by atoms with Gasteiger partial charge in [-0.25, -0.2) is 0 Å². The molecule has 0 saturated carbocycles. The first-order chi connectivity index (χ1) is 13.9. The van der Waals surface area contributed by atoms with Crippen LogP contribution < -0.4 is 20.7 Å². The van der Waals surface area contributed by atoms with Crippen molar-refractivity contribution in [3.05, 3.63) is 59.2 Å². The predicted molar refractivity (Wildman–Crippen MR) is 118 cm³/mol. The third kappa shape index (κ3) is 7.23. The highest BCUT2D eigenvalue weighted by Crippen LogP contribution is 2.21. The van der Waals surface area contributed by atoms with Gasteiger partial charge in [0.2, 0.25) is 5.91 Å². The highest BCUT2D eigenvalue weighted by molar-refractivity contribution is 5.95. The maximum atomic E-state index is 12.2. The van der Waals surface area contributed by atoms with Crippen molar-refractivity contribution in [3.63, 3.8) is 0 Å². The van der Waals surface area contributed by atoms with E-state index in [0.29, 0.717) is 23.8 Å². The minimum atomic E-state index is -0.193. The van der Waals surface area contributed by atoms with Crippen molar-refractivity contribution in [2.24, 2.45) is 4.99 Å². The van der Waals surface area contributed by atoms with Gasteiger partial charge in [-0.1, -0.05) is 24.1 Å². The Labute approximate surface area is 172 Å². The Morgan fingerprint density at radius 2 is 2.00 bits per heavy atom. The van der Waals surface area contributed by atoms with Crippen molar-refractivity contribution >= 4 is 17.6 Å². The Bertz CT molecular complexity index is 913. The van der Waals surface area contributed by atoms with E-state index in [1.807, 2.05) is 45.0 Å². The maximum Gasteiger partial charge on any atom is 0.243 e. The number of carbonyl (C=O) groups excluding carboxylic acids is 1. The molecule has 0 unspecified atom stereocenters.